The van der Waals surface area contributed by atoms with Gasteiger partial charge in [0.1, 0.15) is 12.4 Å². The Balaban J connectivity index is 1.95. The van der Waals surface area contributed by atoms with Gasteiger partial charge in [0.15, 0.2) is 16.3 Å². The molecule has 0 bridgehead atoms. The molecule has 0 saturated carbocycles. The third-order valence-corrected chi connectivity index (χ3v) is 6.66. The predicted octanol–water partition coefficient (Wildman–Crippen LogP) is 3.47. The van der Waals surface area contributed by atoms with Crippen LogP contribution >= 0.6 is 11.3 Å². The number of fused-ring (bicyclic) bond motifs is 1. The third-order valence-electron chi connectivity index (χ3n) is 5.68. The number of carbonyl (C=O) groups is 1. The first-order valence-corrected chi connectivity index (χ1v) is 12.7. The van der Waals surface area contributed by atoms with Crippen molar-refractivity contribution in [3.8, 4) is 17.2 Å². The molecule has 0 spiro atoms. The molecule has 8 nitrogen and oxygen atoms in total. The molecule has 1 aliphatic rings. The van der Waals surface area contributed by atoms with Crippen molar-refractivity contribution < 1.29 is 24.1 Å². The van der Waals surface area contributed by atoms with E-state index in [2.05, 4.69) is 11.6 Å². The average molecular weight is 521 g/mol. The molecule has 1 N–H and O–H groups in total. The number of ether oxygens (including phenoxy) is 3. The Morgan fingerprint density at radius 1 is 1.16 bits per heavy atom. The quantitative estimate of drug-likeness (QED) is 0.343. The molecule has 0 saturated heterocycles. The van der Waals surface area contributed by atoms with Gasteiger partial charge in [-0.1, -0.05) is 48.3 Å². The van der Waals surface area contributed by atoms with Crippen molar-refractivity contribution in [2.75, 3.05) is 19.8 Å². The van der Waals surface area contributed by atoms with E-state index in [1.165, 1.54) is 15.9 Å². The van der Waals surface area contributed by atoms with E-state index in [1.54, 1.807) is 68.5 Å². The molecule has 1 aromatic heterocycles. The summed E-state index contributed by atoms with van der Waals surface area (Å²) < 4.78 is 18.8. The van der Waals surface area contributed by atoms with Crippen LogP contribution in [-0.4, -0.2) is 35.5 Å². The fraction of sp³-hybridized carbons (Fsp3) is 0.250. The molecule has 1 aliphatic heterocycles. The van der Waals surface area contributed by atoms with E-state index in [0.29, 0.717) is 50.9 Å². The minimum Gasteiger partial charge on any atom is -0.507 e. The number of aromatic hydroxyl groups is 1. The van der Waals surface area contributed by atoms with Crippen molar-refractivity contribution in [1.82, 2.24) is 4.57 Å². The molecule has 4 rings (SSSR count). The van der Waals surface area contributed by atoms with E-state index < -0.39 is 12.0 Å². The number of aromatic nitrogens is 1. The van der Waals surface area contributed by atoms with Gasteiger partial charge in [-0.05, 0) is 50.6 Å². The fourth-order valence-electron chi connectivity index (χ4n) is 4.09. The normalized spacial score (nSPS) is 15.1. The number of phenols is 1. The maximum atomic E-state index is 13.7. The highest BCUT2D eigenvalue weighted by Gasteiger charge is 2.34. The smallest absolute Gasteiger partial charge is 0.338 e. The number of carbonyl (C=O) groups excluding carboxylic acids is 1. The number of esters is 1. The Labute approximate surface area is 218 Å². The highest BCUT2D eigenvalue weighted by molar-refractivity contribution is 7.07. The largest absolute Gasteiger partial charge is 0.507 e. The lowest BCUT2D eigenvalue weighted by atomic mass is 9.95. The zero-order valence-corrected chi connectivity index (χ0v) is 21.7. The number of allylic oxidation sites excluding steroid dienone is 1. The first-order chi connectivity index (χ1) is 17.9. The minimum absolute atomic E-state index is 0.0600. The summed E-state index contributed by atoms with van der Waals surface area (Å²) in [5.41, 5.74) is 1.54. The molecule has 0 radical (unpaired) electrons. The number of hydrogen-bond acceptors (Lipinski definition) is 8. The SMILES string of the molecule is C=CCOc1ccc([C@@H]2C(C(=O)OCC)=C(C)N=c3s/c(=C/c4ccccc4O)c(=O)n32)cc1OCC. The maximum absolute atomic E-state index is 13.7. The van der Waals surface area contributed by atoms with Gasteiger partial charge >= 0.3 is 5.97 Å². The van der Waals surface area contributed by atoms with Crippen molar-refractivity contribution in [1.29, 1.82) is 0 Å². The molecule has 0 amide bonds. The zero-order chi connectivity index (χ0) is 26.5. The van der Waals surface area contributed by atoms with E-state index in [0.717, 1.165) is 0 Å². The number of phenolic OH excluding ortho intramolecular Hbond substituents is 1. The molecular formula is C28H28N2O6S. The van der Waals surface area contributed by atoms with Crippen LogP contribution in [0.25, 0.3) is 6.08 Å². The Kier molecular flexibility index (Phi) is 7.93. The fourth-order valence-corrected chi connectivity index (χ4v) is 5.13. The van der Waals surface area contributed by atoms with E-state index in [1.807, 2.05) is 6.92 Å². The summed E-state index contributed by atoms with van der Waals surface area (Å²) in [6, 6.07) is 11.3. The minimum atomic E-state index is -0.797. The number of nitrogens with zero attached hydrogens (tertiary/aromatic N) is 2. The molecule has 0 unspecified atom stereocenters. The third kappa shape index (κ3) is 5.22. The van der Waals surface area contributed by atoms with Gasteiger partial charge in [0.25, 0.3) is 5.56 Å². The second-order valence-electron chi connectivity index (χ2n) is 8.10. The van der Waals surface area contributed by atoms with Crippen LogP contribution in [-0.2, 0) is 9.53 Å². The van der Waals surface area contributed by atoms with Crippen molar-refractivity contribution in [2.45, 2.75) is 26.8 Å². The Morgan fingerprint density at radius 3 is 2.65 bits per heavy atom. The molecule has 9 heteroatoms. The van der Waals surface area contributed by atoms with Gasteiger partial charge in [-0.25, -0.2) is 9.79 Å². The summed E-state index contributed by atoms with van der Waals surface area (Å²) in [6.45, 7) is 9.87. The van der Waals surface area contributed by atoms with Crippen molar-refractivity contribution in [3.63, 3.8) is 0 Å². The van der Waals surface area contributed by atoms with E-state index in [4.69, 9.17) is 14.2 Å². The molecule has 1 atom stereocenters. The number of hydrogen-bond donors (Lipinski definition) is 1. The molecule has 2 heterocycles. The Bertz CT molecular complexity index is 1550. The van der Waals surface area contributed by atoms with Gasteiger partial charge in [-0.3, -0.25) is 9.36 Å². The van der Waals surface area contributed by atoms with Gasteiger partial charge in [0.05, 0.1) is 35.1 Å². The van der Waals surface area contributed by atoms with Gasteiger partial charge in [0.2, 0.25) is 0 Å². The van der Waals surface area contributed by atoms with Gasteiger partial charge < -0.3 is 19.3 Å². The predicted molar refractivity (Wildman–Crippen MR) is 142 cm³/mol. The number of benzene rings is 2. The molecule has 3 aromatic rings. The zero-order valence-electron chi connectivity index (χ0n) is 20.9. The molecule has 192 valence electrons. The average Bonchev–Trinajstić information content (AvgIpc) is 3.18. The van der Waals surface area contributed by atoms with Crippen LogP contribution in [0.5, 0.6) is 17.2 Å². The van der Waals surface area contributed by atoms with Crippen LogP contribution < -0.4 is 24.4 Å². The Hall–Kier alpha value is -4.11. The summed E-state index contributed by atoms with van der Waals surface area (Å²) in [7, 11) is 0. The van der Waals surface area contributed by atoms with Crippen LogP contribution in [0, 0.1) is 0 Å². The number of para-hydroxylation sites is 1. The monoisotopic (exact) mass is 520 g/mol. The van der Waals surface area contributed by atoms with Gasteiger partial charge in [-0.15, -0.1) is 0 Å². The highest BCUT2D eigenvalue weighted by atomic mass is 32.1. The summed E-state index contributed by atoms with van der Waals surface area (Å²) in [4.78, 5) is 31.9. The van der Waals surface area contributed by atoms with E-state index in [9.17, 15) is 14.7 Å². The van der Waals surface area contributed by atoms with Crippen LogP contribution in [0.1, 0.15) is 37.9 Å². The summed E-state index contributed by atoms with van der Waals surface area (Å²) in [5.74, 6) is 0.519. The number of rotatable bonds is 9. The highest BCUT2D eigenvalue weighted by Crippen LogP contribution is 2.36. The van der Waals surface area contributed by atoms with Crippen molar-refractivity contribution in [3.05, 3.63) is 97.2 Å². The van der Waals surface area contributed by atoms with Crippen molar-refractivity contribution in [2.24, 2.45) is 4.99 Å². The maximum Gasteiger partial charge on any atom is 0.338 e. The molecule has 0 fully saturated rings. The standard InChI is InChI=1S/C28H28N2O6S/c1-5-14-36-21-13-12-19(15-22(21)34-6-2)25-24(27(33)35-7-3)17(4)29-28-30(25)26(32)23(37-28)16-18-10-8-9-11-20(18)31/h5,8-13,15-16,25,31H,1,6-7,14H2,2-4H3/b23-16+/t25-/m1/s1. The van der Waals surface area contributed by atoms with E-state index in [-0.39, 0.29) is 23.5 Å². The molecule has 2 aromatic carbocycles. The first kappa shape index (κ1) is 26.0. The van der Waals surface area contributed by atoms with Crippen LogP contribution in [0.3, 0.4) is 0 Å². The topological polar surface area (TPSA) is 99.4 Å². The lowest BCUT2D eigenvalue weighted by Crippen LogP contribution is -2.40. The summed E-state index contributed by atoms with van der Waals surface area (Å²) >= 11 is 1.19. The molecule has 0 aliphatic carbocycles. The number of thiazole rings is 1. The van der Waals surface area contributed by atoms with Gasteiger partial charge in [-0.2, -0.15) is 0 Å². The molecule has 37 heavy (non-hydrogen) atoms. The van der Waals surface area contributed by atoms with Gasteiger partial charge in [0, 0.05) is 5.56 Å². The summed E-state index contributed by atoms with van der Waals surface area (Å²) in [6.07, 6.45) is 3.26. The van der Waals surface area contributed by atoms with Crippen LogP contribution in [0.4, 0.5) is 0 Å². The summed E-state index contributed by atoms with van der Waals surface area (Å²) in [5, 5.41) is 10.2. The molecular weight excluding hydrogens is 492 g/mol. The second-order valence-corrected chi connectivity index (χ2v) is 9.11. The van der Waals surface area contributed by atoms with Crippen LogP contribution in [0.2, 0.25) is 0 Å². The van der Waals surface area contributed by atoms with Crippen molar-refractivity contribution >= 4 is 23.4 Å². The van der Waals surface area contributed by atoms with E-state index >= 15 is 0 Å². The van der Waals surface area contributed by atoms with Crippen LogP contribution in [0.15, 0.2) is 76.2 Å². The Morgan fingerprint density at radius 2 is 1.95 bits per heavy atom. The second kappa shape index (κ2) is 11.3. The lowest BCUT2D eigenvalue weighted by Gasteiger charge is -2.25. The first-order valence-electron chi connectivity index (χ1n) is 11.9. The lowest BCUT2D eigenvalue weighted by molar-refractivity contribution is -0.139.